The van der Waals surface area contributed by atoms with Gasteiger partial charge in [0.05, 0.1) is 31.1 Å². The maximum atomic E-state index is 6.52. The predicted molar refractivity (Wildman–Crippen MR) is 123 cm³/mol. The van der Waals surface area contributed by atoms with Gasteiger partial charge in [-0.15, -0.1) is 5.10 Å². The predicted octanol–water partition coefficient (Wildman–Crippen LogP) is 2.48. The van der Waals surface area contributed by atoms with Crippen LogP contribution in [0.25, 0.3) is 16.6 Å². The Labute approximate surface area is 190 Å². The van der Waals surface area contributed by atoms with Crippen LogP contribution < -0.4 is 15.4 Å². The average molecular weight is 447 g/mol. The highest BCUT2D eigenvalue weighted by Crippen LogP contribution is 2.34. The highest BCUT2D eigenvalue weighted by Gasteiger charge is 2.33. The summed E-state index contributed by atoms with van der Waals surface area (Å²) in [6.07, 6.45) is 7.62. The molecule has 3 atom stereocenters. The number of ether oxygens (including phenoxy) is 2. The van der Waals surface area contributed by atoms with Crippen molar-refractivity contribution in [1.29, 1.82) is 0 Å². The van der Waals surface area contributed by atoms with Crippen molar-refractivity contribution in [3.05, 3.63) is 48.5 Å². The Bertz CT molecular complexity index is 1290. The van der Waals surface area contributed by atoms with E-state index in [-0.39, 0.29) is 6.10 Å². The molecule has 0 saturated carbocycles. The lowest BCUT2D eigenvalue weighted by atomic mass is 9.94. The number of morpholine rings is 1. The van der Waals surface area contributed by atoms with Crippen molar-refractivity contribution in [3.63, 3.8) is 0 Å². The van der Waals surface area contributed by atoms with Gasteiger partial charge in [0.25, 0.3) is 0 Å². The van der Waals surface area contributed by atoms with Crippen molar-refractivity contribution in [1.82, 2.24) is 34.9 Å². The molecule has 0 spiro atoms. The zero-order valence-corrected chi connectivity index (χ0v) is 18.6. The summed E-state index contributed by atoms with van der Waals surface area (Å²) in [5.74, 6) is 2.17. The minimum Gasteiger partial charge on any atom is -0.488 e. The molecule has 2 fully saturated rings. The largest absolute Gasteiger partial charge is 0.488 e. The van der Waals surface area contributed by atoms with Crippen molar-refractivity contribution in [2.24, 2.45) is 7.05 Å². The van der Waals surface area contributed by atoms with Crippen LogP contribution in [0.4, 0.5) is 11.6 Å². The number of nitrogens with zero attached hydrogens (tertiary/aromatic N) is 6. The van der Waals surface area contributed by atoms with E-state index in [1.54, 1.807) is 10.9 Å². The number of pyridine rings is 2. The second-order valence-corrected chi connectivity index (χ2v) is 8.85. The van der Waals surface area contributed by atoms with Crippen molar-refractivity contribution < 1.29 is 9.47 Å². The van der Waals surface area contributed by atoms with Gasteiger partial charge in [0.1, 0.15) is 11.9 Å². The fourth-order valence-corrected chi connectivity index (χ4v) is 4.69. The van der Waals surface area contributed by atoms with Crippen LogP contribution in [0.1, 0.15) is 18.5 Å². The van der Waals surface area contributed by atoms with Gasteiger partial charge in [-0.1, -0.05) is 5.21 Å². The summed E-state index contributed by atoms with van der Waals surface area (Å²) in [6, 6.07) is 8.95. The minimum atomic E-state index is 0.148. The Balaban J connectivity index is 1.28. The molecule has 6 heterocycles. The van der Waals surface area contributed by atoms with Gasteiger partial charge in [0, 0.05) is 55.5 Å². The Morgan fingerprint density at radius 3 is 2.79 bits per heavy atom. The maximum Gasteiger partial charge on any atom is 0.174 e. The Morgan fingerprint density at radius 1 is 1.15 bits per heavy atom. The van der Waals surface area contributed by atoms with E-state index >= 15 is 0 Å². The molecule has 2 saturated heterocycles. The number of hydrogen-bond acceptors (Lipinski definition) is 8. The van der Waals surface area contributed by atoms with Crippen LogP contribution in [-0.2, 0) is 11.8 Å². The molecular formula is C23H26N8O2. The quantitative estimate of drug-likeness (QED) is 0.482. The zero-order chi connectivity index (χ0) is 22.4. The highest BCUT2D eigenvalue weighted by atomic mass is 16.5. The van der Waals surface area contributed by atoms with Gasteiger partial charge in [0.2, 0.25) is 0 Å². The molecule has 170 valence electrons. The van der Waals surface area contributed by atoms with Crippen molar-refractivity contribution in [2.45, 2.75) is 38.0 Å². The van der Waals surface area contributed by atoms with E-state index in [0.717, 1.165) is 54.1 Å². The second kappa shape index (κ2) is 8.13. The number of rotatable bonds is 5. The lowest BCUT2D eigenvalue weighted by Crippen LogP contribution is -2.56. The van der Waals surface area contributed by atoms with Crippen LogP contribution in [0.3, 0.4) is 0 Å². The number of piperidine rings is 1. The molecule has 0 amide bonds. The Kier molecular flexibility index (Phi) is 4.96. The summed E-state index contributed by atoms with van der Waals surface area (Å²) in [5, 5.41) is 19.4. The number of aryl methyl sites for hydroxylation is 2. The summed E-state index contributed by atoms with van der Waals surface area (Å²) >= 11 is 0. The van der Waals surface area contributed by atoms with Gasteiger partial charge in [0.15, 0.2) is 11.6 Å². The molecule has 6 rings (SSSR count). The molecule has 0 unspecified atom stereocenters. The van der Waals surface area contributed by atoms with Gasteiger partial charge in [-0.25, -0.2) is 4.52 Å². The summed E-state index contributed by atoms with van der Waals surface area (Å²) in [4.78, 5) is 4.51. The third-order valence-corrected chi connectivity index (χ3v) is 6.14. The fourth-order valence-electron chi connectivity index (χ4n) is 4.69. The SMILES string of the molecule is Cc1cc(-c2ccn3nc(Nc4cn(C)nn4)cc3c2)c(O[C@H]2C[C@H]3COC[C@@H](C2)N3)cn1. The fraction of sp³-hybridized carbons (Fsp3) is 0.391. The van der Waals surface area contributed by atoms with E-state index in [9.17, 15) is 0 Å². The van der Waals surface area contributed by atoms with Gasteiger partial charge >= 0.3 is 0 Å². The lowest BCUT2D eigenvalue weighted by molar-refractivity contribution is -0.0122. The first-order valence-corrected chi connectivity index (χ1v) is 11.2. The molecule has 10 nitrogen and oxygen atoms in total. The minimum absolute atomic E-state index is 0.148. The van der Waals surface area contributed by atoms with E-state index < -0.39 is 0 Å². The second-order valence-electron chi connectivity index (χ2n) is 8.85. The van der Waals surface area contributed by atoms with Crippen LogP contribution in [0.15, 0.2) is 42.9 Å². The first-order chi connectivity index (χ1) is 16.1. The zero-order valence-electron chi connectivity index (χ0n) is 18.6. The van der Waals surface area contributed by atoms with Gasteiger partial charge in [-0.3, -0.25) is 9.67 Å². The average Bonchev–Trinajstić information content (AvgIpc) is 3.39. The first kappa shape index (κ1) is 20.1. The van der Waals surface area contributed by atoms with E-state index in [1.165, 1.54) is 0 Å². The molecule has 10 heteroatoms. The number of fused-ring (bicyclic) bond motifs is 3. The molecule has 33 heavy (non-hydrogen) atoms. The van der Waals surface area contributed by atoms with Crippen molar-refractivity contribution in [2.75, 3.05) is 18.5 Å². The molecule has 2 aliphatic heterocycles. The number of nitrogens with one attached hydrogen (secondary N) is 2. The van der Waals surface area contributed by atoms with Crippen LogP contribution in [-0.4, -0.2) is 61.0 Å². The van der Waals surface area contributed by atoms with Crippen LogP contribution in [0.5, 0.6) is 5.75 Å². The highest BCUT2D eigenvalue weighted by molar-refractivity contribution is 5.75. The molecule has 4 aromatic heterocycles. The molecule has 2 bridgehead atoms. The summed E-state index contributed by atoms with van der Waals surface area (Å²) in [6.45, 7) is 3.50. The maximum absolute atomic E-state index is 6.52. The molecule has 2 aliphatic rings. The summed E-state index contributed by atoms with van der Waals surface area (Å²) < 4.78 is 15.7. The summed E-state index contributed by atoms with van der Waals surface area (Å²) in [5.41, 5.74) is 4.01. The molecule has 0 aromatic carbocycles. The monoisotopic (exact) mass is 446 g/mol. The third-order valence-electron chi connectivity index (χ3n) is 6.14. The third kappa shape index (κ3) is 4.14. The van der Waals surface area contributed by atoms with Crippen molar-refractivity contribution in [3.8, 4) is 16.9 Å². The molecular weight excluding hydrogens is 420 g/mol. The molecule has 2 N–H and O–H groups in total. The number of aromatic nitrogens is 6. The molecule has 0 radical (unpaired) electrons. The van der Waals surface area contributed by atoms with E-state index in [0.29, 0.717) is 23.7 Å². The summed E-state index contributed by atoms with van der Waals surface area (Å²) in [7, 11) is 1.83. The number of hydrogen-bond donors (Lipinski definition) is 2. The van der Waals surface area contributed by atoms with Gasteiger partial charge < -0.3 is 20.1 Å². The first-order valence-electron chi connectivity index (χ1n) is 11.2. The van der Waals surface area contributed by atoms with Gasteiger partial charge in [-0.2, -0.15) is 5.10 Å². The lowest BCUT2D eigenvalue weighted by Gasteiger charge is -2.40. The molecule has 0 aliphatic carbocycles. The Morgan fingerprint density at radius 2 is 2.00 bits per heavy atom. The number of anilines is 2. The topological polar surface area (TPSA) is 103 Å². The molecule has 4 aromatic rings. The van der Waals surface area contributed by atoms with Crippen LogP contribution >= 0.6 is 0 Å². The van der Waals surface area contributed by atoms with Crippen LogP contribution in [0, 0.1) is 6.92 Å². The van der Waals surface area contributed by atoms with E-state index in [4.69, 9.17) is 9.47 Å². The van der Waals surface area contributed by atoms with Gasteiger partial charge in [-0.05, 0) is 30.7 Å². The van der Waals surface area contributed by atoms with Crippen LogP contribution in [0.2, 0.25) is 0 Å². The Hall–Kier alpha value is -3.50. The van der Waals surface area contributed by atoms with E-state index in [1.807, 2.05) is 36.9 Å². The smallest absolute Gasteiger partial charge is 0.174 e. The standard InChI is InChI=1S/C23H26N8O2/c1-14-5-20(21(10-24-14)33-19-7-16-12-32-13-17(8-19)25-16)15-3-4-31-18(6-15)9-22(28-31)26-23-11-30(2)29-27-23/h3-6,9-11,16-17,19,25H,7-8,12-13H2,1-2H3,(H,26,28)/t16-,17+,19-. The normalized spacial score (nSPS) is 22.4. The van der Waals surface area contributed by atoms with Crippen molar-refractivity contribution >= 4 is 17.2 Å². The van der Waals surface area contributed by atoms with E-state index in [2.05, 4.69) is 49.2 Å².